The third kappa shape index (κ3) is 16.5. The number of fused-ring (bicyclic) bond motifs is 1. The lowest BCUT2D eigenvalue weighted by molar-refractivity contribution is -0.170. The molecule has 0 saturated carbocycles. The minimum atomic E-state index is -1.43. The summed E-state index contributed by atoms with van der Waals surface area (Å²) >= 11 is 0. The van der Waals surface area contributed by atoms with E-state index in [9.17, 15) is 19.2 Å². The third-order valence-electron chi connectivity index (χ3n) is 16.5. The fourth-order valence-corrected chi connectivity index (χ4v) is 11.3. The molecule has 0 aromatic heterocycles. The van der Waals surface area contributed by atoms with Crippen LogP contribution in [0.25, 0.3) is 0 Å². The summed E-state index contributed by atoms with van der Waals surface area (Å²) in [5, 5.41) is 8.94. The molecule has 18 heteroatoms. The SMILES string of the molecule is CC[C@@H](C)[C@H]1OC(=O)[C@H](Cc2ccccc2)N(C)C(=O)[C@H](CC(C)C)NC(=O)[C@H](C(C)C)N(C)C(=O)[C@@H]([C@@H](C)CC)NC(=O)[C@@H]2CCCN2C(=O)[C@H](Cc2ccccc2)N(C)C(=O)[C@@H](Cc2ccccc2)NC(=O)[C@@H](C(C)C)N(C)C1=O. The van der Waals surface area contributed by atoms with Crippen molar-refractivity contribution in [3.63, 3.8) is 0 Å². The number of ether oxygens (including phenoxy) is 1. The Morgan fingerprint density at radius 3 is 1.40 bits per heavy atom. The van der Waals surface area contributed by atoms with Crippen molar-refractivity contribution >= 4 is 53.2 Å². The van der Waals surface area contributed by atoms with E-state index in [1.165, 1.54) is 52.7 Å². The number of likely N-dealkylation sites (N-methyl/N-ethyl adjacent to an activating group) is 4. The van der Waals surface area contributed by atoms with Crippen molar-refractivity contribution < 1.29 is 47.9 Å². The van der Waals surface area contributed by atoms with Crippen LogP contribution in [0.5, 0.6) is 0 Å². The van der Waals surface area contributed by atoms with Crippen LogP contribution in [0.15, 0.2) is 91.0 Å². The second-order valence-electron chi connectivity index (χ2n) is 23.8. The van der Waals surface area contributed by atoms with Gasteiger partial charge in [0.15, 0.2) is 6.10 Å². The molecule has 3 N–H and O–H groups in total. The molecule has 2 aliphatic heterocycles. The Morgan fingerprint density at radius 1 is 0.488 bits per heavy atom. The van der Waals surface area contributed by atoms with Crippen molar-refractivity contribution in [3.05, 3.63) is 108 Å². The van der Waals surface area contributed by atoms with Crippen molar-refractivity contribution in [2.45, 2.75) is 175 Å². The molecule has 3 aromatic carbocycles. The van der Waals surface area contributed by atoms with Gasteiger partial charge in [-0.15, -0.1) is 0 Å². The average Bonchev–Trinajstić information content (AvgIpc) is 4.11. The van der Waals surface area contributed by atoms with Gasteiger partial charge in [-0.25, -0.2) is 4.79 Å². The average molecular weight is 1130 g/mol. The molecular weight excluding hydrogens is 1040 g/mol. The lowest BCUT2D eigenvalue weighted by Gasteiger charge is -2.37. The van der Waals surface area contributed by atoms with Crippen LogP contribution in [-0.2, 0) is 67.2 Å². The molecule has 18 nitrogen and oxygen atoms in total. The van der Waals surface area contributed by atoms with Gasteiger partial charge in [-0.2, -0.15) is 0 Å². The van der Waals surface area contributed by atoms with Gasteiger partial charge in [-0.05, 0) is 66.0 Å². The highest BCUT2D eigenvalue weighted by Gasteiger charge is 2.46. The molecule has 0 radical (unpaired) electrons. The molecule has 2 heterocycles. The number of nitrogens with zero attached hydrogens (tertiary/aromatic N) is 5. The Bertz CT molecular complexity index is 2650. The van der Waals surface area contributed by atoms with Crippen molar-refractivity contribution in [2.75, 3.05) is 34.7 Å². The van der Waals surface area contributed by atoms with E-state index in [0.29, 0.717) is 30.4 Å². The summed E-state index contributed by atoms with van der Waals surface area (Å²) in [4.78, 5) is 142. The molecule has 11 atom stereocenters. The summed E-state index contributed by atoms with van der Waals surface area (Å²) in [5.41, 5.74) is 2.14. The van der Waals surface area contributed by atoms with E-state index in [-0.39, 0.29) is 44.6 Å². The molecule has 82 heavy (non-hydrogen) atoms. The van der Waals surface area contributed by atoms with Gasteiger partial charge >= 0.3 is 5.97 Å². The first-order chi connectivity index (χ1) is 38.8. The Hall–Kier alpha value is -7.11. The van der Waals surface area contributed by atoms with Crippen LogP contribution in [0.1, 0.15) is 118 Å². The number of benzene rings is 3. The summed E-state index contributed by atoms with van der Waals surface area (Å²) < 4.78 is 6.30. The Morgan fingerprint density at radius 2 is 0.927 bits per heavy atom. The smallest absolute Gasteiger partial charge is 0.329 e. The standard InChI is InChI=1S/C64H92N8O10/c1-15-42(9)52-62(79)70(13)53(40(5)6)57(74)65-47(35-39(3)4)59(76)69(12)51(38-46-31-24-19-25-32-46)64(81)82-55(43(10)16-2)63(80)71(14)54(41(7)8)58(75)66-48(36-44-27-20-17-21-28-44)60(77)68(11)50(37-45-29-22-18-23-30-45)61(78)72-34-26-33-49(72)56(73)67-52/h17-25,27-32,39-43,47-55H,15-16,26,33-38H2,1-14H3,(H,65,74)(H,66,75)(H,67,73)/t42-,43+,47-,48+,49-,50-,51-,52+,53-,54+,55+/m0/s1. The zero-order chi connectivity index (χ0) is 60.7. The van der Waals surface area contributed by atoms with E-state index >= 15 is 24.0 Å². The van der Waals surface area contributed by atoms with Crippen molar-refractivity contribution in [3.8, 4) is 0 Å². The zero-order valence-electron chi connectivity index (χ0n) is 50.9. The Kier molecular flexibility index (Phi) is 24.2. The van der Waals surface area contributed by atoms with Crippen LogP contribution in [0.3, 0.4) is 0 Å². The normalized spacial score (nSPS) is 25.7. The number of hydrogen-bond acceptors (Lipinski definition) is 10. The Labute approximate surface area is 486 Å². The molecule has 2 aliphatic rings. The number of rotatable bonds is 14. The van der Waals surface area contributed by atoms with E-state index in [0.717, 1.165) is 5.56 Å². The van der Waals surface area contributed by atoms with Gasteiger partial charge in [-0.1, -0.05) is 167 Å². The molecule has 2 fully saturated rings. The summed E-state index contributed by atoms with van der Waals surface area (Å²) in [6.45, 7) is 18.4. The molecule has 3 aromatic rings. The van der Waals surface area contributed by atoms with E-state index < -0.39 is 131 Å². The van der Waals surface area contributed by atoms with Crippen molar-refractivity contribution in [2.24, 2.45) is 29.6 Å². The summed E-state index contributed by atoms with van der Waals surface area (Å²) in [7, 11) is 5.93. The van der Waals surface area contributed by atoms with E-state index in [2.05, 4.69) is 16.0 Å². The number of nitrogens with one attached hydrogen (secondary N) is 3. The van der Waals surface area contributed by atoms with Gasteiger partial charge in [0.2, 0.25) is 41.4 Å². The van der Waals surface area contributed by atoms with Crippen LogP contribution < -0.4 is 16.0 Å². The number of cyclic esters (lactones) is 1. The number of carbonyl (C=O) groups excluding carboxylic acids is 9. The molecule has 0 aliphatic carbocycles. The number of carbonyl (C=O) groups is 9. The molecule has 0 spiro atoms. The molecule has 5 rings (SSSR count). The van der Waals surface area contributed by atoms with Crippen LogP contribution in [0, 0.1) is 29.6 Å². The quantitative estimate of drug-likeness (QED) is 0.164. The van der Waals surface area contributed by atoms with Gasteiger partial charge < -0.3 is 45.2 Å². The lowest BCUT2D eigenvalue weighted by Crippen LogP contribution is -2.62. The predicted octanol–water partition coefficient (Wildman–Crippen LogP) is 5.84. The highest BCUT2D eigenvalue weighted by molar-refractivity contribution is 5.99. The van der Waals surface area contributed by atoms with Crippen LogP contribution in [0.2, 0.25) is 0 Å². The Balaban J connectivity index is 1.70. The first-order valence-electron chi connectivity index (χ1n) is 29.4. The lowest BCUT2D eigenvalue weighted by atomic mass is 9.94. The fraction of sp³-hybridized carbons (Fsp3) is 0.578. The molecular formula is C64H92N8O10. The molecule has 0 unspecified atom stereocenters. The van der Waals surface area contributed by atoms with Gasteiger partial charge in [0, 0.05) is 59.9 Å². The highest BCUT2D eigenvalue weighted by Crippen LogP contribution is 2.27. The van der Waals surface area contributed by atoms with Crippen molar-refractivity contribution in [1.29, 1.82) is 0 Å². The molecule has 448 valence electrons. The zero-order valence-corrected chi connectivity index (χ0v) is 50.9. The van der Waals surface area contributed by atoms with Gasteiger partial charge in [0.1, 0.15) is 48.3 Å². The summed E-state index contributed by atoms with van der Waals surface area (Å²) in [5.74, 6) is -7.84. The number of hydrogen-bond donors (Lipinski definition) is 3. The molecule has 0 bridgehead atoms. The molecule has 2 saturated heterocycles. The van der Waals surface area contributed by atoms with Gasteiger partial charge in [0.05, 0.1) is 0 Å². The largest absolute Gasteiger partial charge is 0.450 e. The topological polar surface area (TPSA) is 215 Å². The first kappa shape index (κ1) is 65.7. The maximum Gasteiger partial charge on any atom is 0.329 e. The predicted molar refractivity (Wildman–Crippen MR) is 315 cm³/mol. The fourth-order valence-electron chi connectivity index (χ4n) is 11.3. The second kappa shape index (κ2) is 30.3. The van der Waals surface area contributed by atoms with E-state index in [4.69, 9.17) is 4.74 Å². The van der Waals surface area contributed by atoms with Gasteiger partial charge in [-0.3, -0.25) is 38.4 Å². The summed E-state index contributed by atoms with van der Waals surface area (Å²) in [6.07, 6.45) is 0.362. The maximum atomic E-state index is 15.3. The van der Waals surface area contributed by atoms with Crippen LogP contribution >= 0.6 is 0 Å². The first-order valence-corrected chi connectivity index (χ1v) is 29.4. The summed E-state index contributed by atoms with van der Waals surface area (Å²) in [6, 6.07) is 17.9. The highest BCUT2D eigenvalue weighted by atomic mass is 16.6. The van der Waals surface area contributed by atoms with Crippen LogP contribution in [-0.4, -0.2) is 167 Å². The van der Waals surface area contributed by atoms with Gasteiger partial charge in [0.25, 0.3) is 5.91 Å². The number of esters is 1. The molecule has 8 amide bonds. The maximum absolute atomic E-state index is 15.3. The second-order valence-corrected chi connectivity index (χ2v) is 23.8. The van der Waals surface area contributed by atoms with E-state index in [1.807, 2.05) is 101 Å². The number of amides is 8. The van der Waals surface area contributed by atoms with E-state index in [1.54, 1.807) is 58.9 Å². The minimum Gasteiger partial charge on any atom is -0.450 e. The third-order valence-corrected chi connectivity index (χ3v) is 16.5. The minimum absolute atomic E-state index is 0.0116. The van der Waals surface area contributed by atoms with Crippen LogP contribution in [0.4, 0.5) is 0 Å². The van der Waals surface area contributed by atoms with Crippen molar-refractivity contribution in [1.82, 2.24) is 40.4 Å². The monoisotopic (exact) mass is 1130 g/mol.